The smallest absolute Gasteiger partial charge is 0.252 e. The maximum Gasteiger partial charge on any atom is 0.252 e. The van der Waals surface area contributed by atoms with Gasteiger partial charge in [-0.3, -0.25) is 9.59 Å². The van der Waals surface area contributed by atoms with Crippen LogP contribution in [0, 0.1) is 0 Å². The molecule has 2 amide bonds. The van der Waals surface area contributed by atoms with E-state index in [1.807, 2.05) is 18.2 Å². The zero-order chi connectivity index (χ0) is 15.7. The van der Waals surface area contributed by atoms with E-state index in [0.29, 0.717) is 16.9 Å². The number of nitrogens with one attached hydrogen (secondary N) is 1. The van der Waals surface area contributed by atoms with Crippen LogP contribution in [0.15, 0.2) is 42.7 Å². The predicted molar refractivity (Wildman–Crippen MR) is 81.2 cm³/mol. The van der Waals surface area contributed by atoms with Crippen molar-refractivity contribution in [3.05, 3.63) is 48.3 Å². The van der Waals surface area contributed by atoms with Crippen molar-refractivity contribution in [2.45, 2.75) is 6.92 Å². The number of anilines is 1. The first-order valence-electron chi connectivity index (χ1n) is 6.57. The Balaban J connectivity index is 2.15. The number of nitrogens with two attached hydrogens (primary N) is 1. The Morgan fingerprint density at radius 1 is 1.23 bits per heavy atom. The van der Waals surface area contributed by atoms with Gasteiger partial charge < -0.3 is 11.1 Å². The lowest BCUT2D eigenvalue weighted by molar-refractivity contribution is -0.114. The van der Waals surface area contributed by atoms with Crippen LogP contribution in [0.5, 0.6) is 0 Å². The van der Waals surface area contributed by atoms with E-state index in [9.17, 15) is 9.59 Å². The molecule has 0 fully saturated rings. The largest absolute Gasteiger partial charge is 0.365 e. The Hall–Kier alpha value is -3.22. The van der Waals surface area contributed by atoms with Crippen molar-refractivity contribution < 1.29 is 9.59 Å². The third kappa shape index (κ3) is 2.39. The molecule has 7 nitrogen and oxygen atoms in total. The summed E-state index contributed by atoms with van der Waals surface area (Å²) in [6.07, 6.45) is 1.36. The summed E-state index contributed by atoms with van der Waals surface area (Å²) in [4.78, 5) is 26.7. The second-order valence-corrected chi connectivity index (χ2v) is 4.75. The van der Waals surface area contributed by atoms with Gasteiger partial charge in [0.15, 0.2) is 5.65 Å². The van der Waals surface area contributed by atoms with Crippen molar-refractivity contribution in [2.75, 3.05) is 5.32 Å². The molecule has 22 heavy (non-hydrogen) atoms. The molecule has 0 radical (unpaired) electrons. The van der Waals surface area contributed by atoms with E-state index in [0.717, 1.165) is 11.3 Å². The number of nitrogens with zero attached hydrogens (tertiary/aromatic N) is 3. The van der Waals surface area contributed by atoms with E-state index in [2.05, 4.69) is 15.4 Å². The lowest BCUT2D eigenvalue weighted by atomic mass is 10.1. The van der Waals surface area contributed by atoms with Crippen molar-refractivity contribution in [1.29, 1.82) is 0 Å². The Morgan fingerprint density at radius 2 is 2.05 bits per heavy atom. The molecule has 2 heterocycles. The molecule has 0 unspecified atom stereocenters. The van der Waals surface area contributed by atoms with Crippen molar-refractivity contribution in [1.82, 2.24) is 14.6 Å². The minimum absolute atomic E-state index is 0.146. The molecule has 0 aliphatic heterocycles. The number of hydrogen-bond donors (Lipinski definition) is 2. The minimum atomic E-state index is -0.559. The van der Waals surface area contributed by atoms with E-state index in [-0.39, 0.29) is 5.91 Å². The van der Waals surface area contributed by atoms with Crippen LogP contribution in [-0.4, -0.2) is 26.4 Å². The summed E-state index contributed by atoms with van der Waals surface area (Å²) in [5, 5.41) is 6.87. The van der Waals surface area contributed by atoms with Crippen LogP contribution in [0.3, 0.4) is 0 Å². The number of carbonyl (C=O) groups excluding carboxylic acids is 2. The molecule has 7 heteroatoms. The second kappa shape index (κ2) is 5.28. The van der Waals surface area contributed by atoms with E-state index >= 15 is 0 Å². The Morgan fingerprint density at radius 3 is 2.77 bits per heavy atom. The lowest BCUT2D eigenvalue weighted by Gasteiger charge is -2.09. The zero-order valence-electron chi connectivity index (χ0n) is 11.8. The van der Waals surface area contributed by atoms with Crippen molar-refractivity contribution in [2.24, 2.45) is 5.73 Å². The SMILES string of the molecule is CC(=O)Nc1cccc(-c2ccc(C(N)=O)c3ncnn23)c1. The maximum atomic E-state index is 11.4. The monoisotopic (exact) mass is 295 g/mol. The summed E-state index contributed by atoms with van der Waals surface area (Å²) in [5.74, 6) is -0.705. The first kappa shape index (κ1) is 13.7. The Bertz CT molecular complexity index is 885. The van der Waals surface area contributed by atoms with Crippen LogP contribution in [0.4, 0.5) is 5.69 Å². The maximum absolute atomic E-state index is 11.4. The minimum Gasteiger partial charge on any atom is -0.365 e. The van der Waals surface area contributed by atoms with Gasteiger partial charge in [-0.25, -0.2) is 9.50 Å². The van der Waals surface area contributed by atoms with Gasteiger partial charge in [0.05, 0.1) is 11.3 Å². The quantitative estimate of drug-likeness (QED) is 0.763. The molecule has 0 bridgehead atoms. The molecular formula is C15H13N5O2. The fraction of sp³-hybridized carbons (Fsp3) is 0.0667. The summed E-state index contributed by atoms with van der Waals surface area (Å²) in [7, 11) is 0. The van der Waals surface area contributed by atoms with Crippen LogP contribution in [-0.2, 0) is 4.79 Å². The zero-order valence-corrected chi connectivity index (χ0v) is 11.8. The predicted octanol–water partition coefficient (Wildman–Crippen LogP) is 1.45. The van der Waals surface area contributed by atoms with Crippen molar-refractivity contribution in [3.8, 4) is 11.3 Å². The molecule has 2 aromatic heterocycles. The molecule has 110 valence electrons. The first-order valence-corrected chi connectivity index (χ1v) is 6.57. The molecule has 0 aliphatic carbocycles. The van der Waals surface area contributed by atoms with E-state index in [1.165, 1.54) is 13.3 Å². The van der Waals surface area contributed by atoms with E-state index < -0.39 is 5.91 Å². The number of amides is 2. The van der Waals surface area contributed by atoms with Crippen LogP contribution >= 0.6 is 0 Å². The summed E-state index contributed by atoms with van der Waals surface area (Å²) < 4.78 is 1.55. The first-order chi connectivity index (χ1) is 10.6. The summed E-state index contributed by atoms with van der Waals surface area (Å²) in [6.45, 7) is 1.45. The van der Waals surface area contributed by atoms with Crippen LogP contribution in [0.25, 0.3) is 16.9 Å². The van der Waals surface area contributed by atoms with Gasteiger partial charge in [-0.2, -0.15) is 5.10 Å². The molecule has 1 aromatic carbocycles. The van der Waals surface area contributed by atoms with Gasteiger partial charge in [0, 0.05) is 18.2 Å². The molecule has 3 rings (SSSR count). The van der Waals surface area contributed by atoms with Crippen LogP contribution in [0.1, 0.15) is 17.3 Å². The topological polar surface area (TPSA) is 102 Å². The normalized spacial score (nSPS) is 10.6. The lowest BCUT2D eigenvalue weighted by Crippen LogP contribution is -2.13. The van der Waals surface area contributed by atoms with E-state index in [4.69, 9.17) is 5.73 Å². The highest BCUT2D eigenvalue weighted by molar-refractivity contribution is 5.99. The highest BCUT2D eigenvalue weighted by atomic mass is 16.1. The Kier molecular flexibility index (Phi) is 3.30. The number of aromatic nitrogens is 3. The standard InChI is InChI=1S/C15H13N5O2/c1-9(21)19-11-4-2-3-10(7-11)13-6-5-12(14(16)22)15-17-8-18-20(13)15/h2-8H,1H3,(H2,16,22)(H,19,21). The third-order valence-electron chi connectivity index (χ3n) is 3.17. The average molecular weight is 295 g/mol. The number of primary amides is 1. The average Bonchev–Trinajstić information content (AvgIpc) is 2.94. The molecular weight excluding hydrogens is 282 g/mol. The summed E-state index contributed by atoms with van der Waals surface area (Å²) in [6, 6.07) is 10.7. The molecule has 0 saturated carbocycles. The number of rotatable bonds is 3. The molecule has 0 atom stereocenters. The van der Waals surface area contributed by atoms with Crippen molar-refractivity contribution in [3.63, 3.8) is 0 Å². The number of benzene rings is 1. The summed E-state index contributed by atoms with van der Waals surface area (Å²) >= 11 is 0. The number of fused-ring (bicyclic) bond motifs is 1. The van der Waals surface area contributed by atoms with Gasteiger partial charge in [-0.15, -0.1) is 0 Å². The fourth-order valence-electron chi connectivity index (χ4n) is 2.28. The molecule has 0 aliphatic rings. The Labute approximate surface area is 125 Å². The number of carbonyl (C=O) groups is 2. The fourth-order valence-corrected chi connectivity index (χ4v) is 2.28. The summed E-state index contributed by atoms with van der Waals surface area (Å²) in [5.41, 5.74) is 8.29. The van der Waals surface area contributed by atoms with Gasteiger partial charge in [-0.1, -0.05) is 12.1 Å². The van der Waals surface area contributed by atoms with Gasteiger partial charge >= 0.3 is 0 Å². The van der Waals surface area contributed by atoms with Gasteiger partial charge in [-0.05, 0) is 24.3 Å². The third-order valence-corrected chi connectivity index (χ3v) is 3.17. The molecule has 3 N–H and O–H groups in total. The van der Waals surface area contributed by atoms with Crippen LogP contribution in [0.2, 0.25) is 0 Å². The van der Waals surface area contributed by atoms with E-state index in [1.54, 1.807) is 22.7 Å². The van der Waals surface area contributed by atoms with Crippen LogP contribution < -0.4 is 11.1 Å². The molecule has 0 spiro atoms. The highest BCUT2D eigenvalue weighted by Gasteiger charge is 2.13. The number of hydrogen-bond acceptors (Lipinski definition) is 4. The molecule has 3 aromatic rings. The second-order valence-electron chi connectivity index (χ2n) is 4.75. The highest BCUT2D eigenvalue weighted by Crippen LogP contribution is 2.24. The van der Waals surface area contributed by atoms with Gasteiger partial charge in [0.25, 0.3) is 5.91 Å². The van der Waals surface area contributed by atoms with Crippen molar-refractivity contribution >= 4 is 23.1 Å². The molecule has 0 saturated heterocycles. The number of pyridine rings is 1. The van der Waals surface area contributed by atoms with Gasteiger partial charge in [0.1, 0.15) is 6.33 Å². The van der Waals surface area contributed by atoms with Gasteiger partial charge in [0.2, 0.25) is 5.91 Å².